The number of para-hydroxylation sites is 2. The Bertz CT molecular complexity index is 867. The summed E-state index contributed by atoms with van der Waals surface area (Å²) in [5.41, 5.74) is 2.29. The van der Waals surface area contributed by atoms with Crippen molar-refractivity contribution in [3.8, 4) is 0 Å². The van der Waals surface area contributed by atoms with Crippen molar-refractivity contribution >= 4 is 22.5 Å². The summed E-state index contributed by atoms with van der Waals surface area (Å²) in [7, 11) is 0. The van der Waals surface area contributed by atoms with Gasteiger partial charge in [0.1, 0.15) is 5.76 Å². The molecule has 4 rings (SSSR count). The molecule has 1 aromatic carbocycles. The Morgan fingerprint density at radius 3 is 3.00 bits per heavy atom. The lowest BCUT2D eigenvalue weighted by atomic mass is 10.3. The number of fused-ring (bicyclic) bond motifs is 3. The molecule has 0 fully saturated rings. The molecule has 0 unspecified atom stereocenters. The molecule has 0 bridgehead atoms. The second-order valence-electron chi connectivity index (χ2n) is 4.30. The van der Waals surface area contributed by atoms with E-state index in [1.807, 2.05) is 36.4 Å². The van der Waals surface area contributed by atoms with E-state index in [1.54, 1.807) is 10.8 Å². The Balaban J connectivity index is 1.82. The summed E-state index contributed by atoms with van der Waals surface area (Å²) in [4.78, 5) is 4.56. The maximum absolute atomic E-state index is 5.29. The minimum Gasteiger partial charge on any atom is -0.467 e. The minimum absolute atomic E-state index is 0.529. The second kappa shape index (κ2) is 4.30. The largest absolute Gasteiger partial charge is 0.467 e. The third-order valence-corrected chi connectivity index (χ3v) is 3.03. The number of anilines is 1. The zero-order chi connectivity index (χ0) is 13.4. The second-order valence-corrected chi connectivity index (χ2v) is 4.30. The molecule has 0 aliphatic rings. The molecule has 98 valence electrons. The predicted molar refractivity (Wildman–Crippen MR) is 72.1 cm³/mol. The van der Waals surface area contributed by atoms with E-state index in [9.17, 15) is 0 Å². The molecule has 20 heavy (non-hydrogen) atoms. The Kier molecular flexibility index (Phi) is 2.35. The number of nitrogens with one attached hydrogen (secondary N) is 1. The van der Waals surface area contributed by atoms with Crippen molar-refractivity contribution in [2.75, 3.05) is 5.32 Å². The number of benzene rings is 1. The van der Waals surface area contributed by atoms with E-state index in [4.69, 9.17) is 4.42 Å². The summed E-state index contributed by atoms with van der Waals surface area (Å²) >= 11 is 0. The minimum atomic E-state index is 0.529. The predicted octanol–water partition coefficient (Wildman–Crippen LogP) is 1.88. The van der Waals surface area contributed by atoms with E-state index in [0.717, 1.165) is 16.8 Å². The highest BCUT2D eigenvalue weighted by atomic mass is 16.3. The van der Waals surface area contributed by atoms with Crippen LogP contribution < -0.4 is 5.32 Å². The van der Waals surface area contributed by atoms with Crippen LogP contribution in [0.4, 0.5) is 5.82 Å². The van der Waals surface area contributed by atoms with E-state index in [2.05, 4.69) is 25.8 Å². The van der Waals surface area contributed by atoms with Gasteiger partial charge in [0.15, 0.2) is 5.82 Å². The number of nitrogens with zero attached hydrogens (tertiary/aromatic N) is 5. The zero-order valence-corrected chi connectivity index (χ0v) is 10.4. The average Bonchev–Trinajstić information content (AvgIpc) is 3.16. The molecule has 0 radical (unpaired) electrons. The summed E-state index contributed by atoms with van der Waals surface area (Å²) in [6.07, 6.45) is 1.64. The summed E-state index contributed by atoms with van der Waals surface area (Å²) in [6.45, 7) is 0.529. The standard InChI is InChI=1S/C13H10N6O/c1-2-6-11-10(5-1)15-12(13-16-17-18-19(11)13)14-8-9-4-3-7-20-9/h1-7H,8H2,(H,14,15). The van der Waals surface area contributed by atoms with Crippen molar-refractivity contribution in [1.29, 1.82) is 0 Å². The fraction of sp³-hybridized carbons (Fsp3) is 0.0769. The SMILES string of the molecule is c1coc(CNc2nc3ccccc3n3nnnc23)c1. The van der Waals surface area contributed by atoms with Gasteiger partial charge in [-0.15, -0.1) is 5.10 Å². The molecular weight excluding hydrogens is 256 g/mol. The van der Waals surface area contributed by atoms with Gasteiger partial charge >= 0.3 is 0 Å². The van der Waals surface area contributed by atoms with E-state index in [0.29, 0.717) is 18.0 Å². The van der Waals surface area contributed by atoms with Crippen LogP contribution in [0.2, 0.25) is 0 Å². The molecule has 0 amide bonds. The maximum Gasteiger partial charge on any atom is 0.222 e. The summed E-state index contributed by atoms with van der Waals surface area (Å²) in [6, 6.07) is 11.5. The van der Waals surface area contributed by atoms with Crippen LogP contribution in [0.5, 0.6) is 0 Å². The van der Waals surface area contributed by atoms with E-state index < -0.39 is 0 Å². The molecule has 0 saturated heterocycles. The number of hydrogen-bond acceptors (Lipinski definition) is 6. The molecule has 0 spiro atoms. The van der Waals surface area contributed by atoms with Gasteiger partial charge in [-0.3, -0.25) is 0 Å². The molecule has 4 aromatic rings. The van der Waals surface area contributed by atoms with Gasteiger partial charge in [-0.2, -0.15) is 4.52 Å². The maximum atomic E-state index is 5.29. The topological polar surface area (TPSA) is 81.1 Å². The molecule has 0 saturated carbocycles. The third kappa shape index (κ3) is 1.68. The van der Waals surface area contributed by atoms with E-state index >= 15 is 0 Å². The molecule has 7 heteroatoms. The van der Waals surface area contributed by atoms with Gasteiger partial charge in [-0.05, 0) is 34.7 Å². The number of aromatic nitrogens is 5. The van der Waals surface area contributed by atoms with Crippen LogP contribution in [0, 0.1) is 0 Å². The van der Waals surface area contributed by atoms with E-state index in [1.165, 1.54) is 0 Å². The van der Waals surface area contributed by atoms with Gasteiger partial charge in [0, 0.05) is 0 Å². The van der Waals surface area contributed by atoms with Crippen molar-refractivity contribution < 1.29 is 4.42 Å². The van der Waals surface area contributed by atoms with Crippen LogP contribution >= 0.6 is 0 Å². The van der Waals surface area contributed by atoms with Gasteiger partial charge < -0.3 is 9.73 Å². The number of tetrazole rings is 1. The smallest absolute Gasteiger partial charge is 0.222 e. The van der Waals surface area contributed by atoms with Crippen LogP contribution in [-0.4, -0.2) is 25.0 Å². The lowest BCUT2D eigenvalue weighted by molar-refractivity contribution is 0.518. The van der Waals surface area contributed by atoms with Gasteiger partial charge in [0.2, 0.25) is 5.65 Å². The lowest BCUT2D eigenvalue weighted by Crippen LogP contribution is -2.04. The van der Waals surface area contributed by atoms with Crippen LogP contribution in [0.1, 0.15) is 5.76 Å². The fourth-order valence-corrected chi connectivity index (χ4v) is 2.11. The molecule has 0 aliphatic carbocycles. The van der Waals surface area contributed by atoms with Crippen molar-refractivity contribution in [3.63, 3.8) is 0 Å². The number of furan rings is 1. The summed E-state index contributed by atoms with van der Waals surface area (Å²) < 4.78 is 6.96. The average molecular weight is 266 g/mol. The Morgan fingerprint density at radius 2 is 2.10 bits per heavy atom. The Labute approximate surface area is 113 Å². The van der Waals surface area contributed by atoms with Crippen molar-refractivity contribution in [3.05, 3.63) is 48.4 Å². The molecule has 0 aliphatic heterocycles. The highest BCUT2D eigenvalue weighted by molar-refractivity contribution is 5.81. The quantitative estimate of drug-likeness (QED) is 0.609. The Morgan fingerprint density at radius 1 is 1.15 bits per heavy atom. The van der Waals surface area contributed by atoms with Crippen LogP contribution in [0.25, 0.3) is 16.7 Å². The molecule has 7 nitrogen and oxygen atoms in total. The number of rotatable bonds is 3. The van der Waals surface area contributed by atoms with E-state index in [-0.39, 0.29) is 0 Å². The van der Waals surface area contributed by atoms with Crippen molar-refractivity contribution in [1.82, 2.24) is 25.0 Å². The van der Waals surface area contributed by atoms with Gasteiger partial charge in [-0.25, -0.2) is 4.98 Å². The first-order valence-electron chi connectivity index (χ1n) is 6.15. The molecular formula is C13H10N6O. The zero-order valence-electron chi connectivity index (χ0n) is 10.4. The summed E-state index contributed by atoms with van der Waals surface area (Å²) in [5.74, 6) is 1.45. The normalized spacial score (nSPS) is 11.2. The molecule has 3 heterocycles. The van der Waals surface area contributed by atoms with Crippen LogP contribution in [0.15, 0.2) is 47.1 Å². The third-order valence-electron chi connectivity index (χ3n) is 3.03. The van der Waals surface area contributed by atoms with Crippen LogP contribution in [-0.2, 0) is 6.54 Å². The first kappa shape index (κ1) is 10.9. The van der Waals surface area contributed by atoms with Gasteiger partial charge in [-0.1, -0.05) is 12.1 Å². The molecule has 0 atom stereocenters. The fourth-order valence-electron chi connectivity index (χ4n) is 2.11. The summed E-state index contributed by atoms with van der Waals surface area (Å²) in [5, 5.41) is 14.9. The van der Waals surface area contributed by atoms with Gasteiger partial charge in [0.25, 0.3) is 0 Å². The first-order chi connectivity index (χ1) is 9.92. The Hall–Kier alpha value is -2.96. The monoisotopic (exact) mass is 266 g/mol. The van der Waals surface area contributed by atoms with Gasteiger partial charge in [0.05, 0.1) is 23.8 Å². The lowest BCUT2D eigenvalue weighted by Gasteiger charge is -2.06. The first-order valence-corrected chi connectivity index (χ1v) is 6.15. The van der Waals surface area contributed by atoms with Crippen molar-refractivity contribution in [2.24, 2.45) is 0 Å². The highest BCUT2D eigenvalue weighted by Gasteiger charge is 2.11. The van der Waals surface area contributed by atoms with Crippen LogP contribution in [0.3, 0.4) is 0 Å². The number of hydrogen-bond donors (Lipinski definition) is 1. The molecule has 1 N–H and O–H groups in total. The van der Waals surface area contributed by atoms with Crippen molar-refractivity contribution in [2.45, 2.75) is 6.54 Å². The molecule has 3 aromatic heterocycles. The highest BCUT2D eigenvalue weighted by Crippen LogP contribution is 2.19.